The Morgan fingerprint density at radius 2 is 2.00 bits per heavy atom. The van der Waals surface area contributed by atoms with Crippen LogP contribution in [0.4, 0.5) is 0 Å². The second-order valence-electron chi connectivity index (χ2n) is 7.29. The van der Waals surface area contributed by atoms with Crippen LogP contribution in [0.1, 0.15) is 59.2 Å². The minimum Gasteiger partial charge on any atom is -0.454 e. The number of carbonyl (C=O) groups is 2. The molecule has 3 heterocycles. The molecule has 0 radical (unpaired) electrons. The Balaban J connectivity index is 1.47. The summed E-state index contributed by atoms with van der Waals surface area (Å²) < 4.78 is 15.9. The van der Waals surface area contributed by atoms with E-state index in [1.165, 1.54) is 0 Å². The average Bonchev–Trinajstić information content (AvgIpc) is 3.35. The molecule has 0 N–H and O–H groups in total. The van der Waals surface area contributed by atoms with Crippen molar-refractivity contribution < 1.29 is 23.6 Å². The van der Waals surface area contributed by atoms with Gasteiger partial charge in [0.25, 0.3) is 5.91 Å². The minimum absolute atomic E-state index is 0.0197. The van der Waals surface area contributed by atoms with Crippen LogP contribution in [0, 0.1) is 5.92 Å². The van der Waals surface area contributed by atoms with Gasteiger partial charge in [-0.3, -0.25) is 9.59 Å². The molecule has 1 aromatic heterocycles. The first-order chi connectivity index (χ1) is 13.0. The number of likely N-dealkylation sites (tertiary alicyclic amines) is 1. The number of ketones is 1. The highest BCUT2D eigenvalue weighted by Gasteiger charge is 2.31. The maximum absolute atomic E-state index is 12.9. The number of amides is 1. The van der Waals surface area contributed by atoms with E-state index in [-0.39, 0.29) is 36.1 Å². The van der Waals surface area contributed by atoms with Crippen LogP contribution in [0.2, 0.25) is 0 Å². The SMILES string of the molecule is CC(C)c1cc(C(=O)N2CCCC(C(=O)c3ccc4c(c3)OCO4)C2)on1. The number of carbonyl (C=O) groups excluding carboxylic acids is 2. The summed E-state index contributed by atoms with van der Waals surface area (Å²) in [6.07, 6.45) is 1.53. The quantitative estimate of drug-likeness (QED) is 0.769. The van der Waals surface area contributed by atoms with E-state index in [9.17, 15) is 9.59 Å². The number of ether oxygens (including phenoxy) is 2. The van der Waals surface area contributed by atoms with E-state index in [1.807, 2.05) is 13.8 Å². The van der Waals surface area contributed by atoms with E-state index in [0.717, 1.165) is 18.5 Å². The van der Waals surface area contributed by atoms with E-state index in [2.05, 4.69) is 5.16 Å². The zero-order valence-corrected chi connectivity index (χ0v) is 15.4. The smallest absolute Gasteiger partial charge is 0.292 e. The van der Waals surface area contributed by atoms with E-state index < -0.39 is 0 Å². The second kappa shape index (κ2) is 7.06. The first-order valence-corrected chi connectivity index (χ1v) is 9.22. The lowest BCUT2D eigenvalue weighted by Crippen LogP contribution is -2.42. The molecule has 1 aromatic carbocycles. The summed E-state index contributed by atoms with van der Waals surface area (Å²) in [4.78, 5) is 27.3. The summed E-state index contributed by atoms with van der Waals surface area (Å²) in [5.74, 6) is 1.23. The van der Waals surface area contributed by atoms with Crippen molar-refractivity contribution in [3.05, 3.63) is 41.3 Å². The third-order valence-corrected chi connectivity index (χ3v) is 5.07. The molecule has 0 aliphatic carbocycles. The molecule has 27 heavy (non-hydrogen) atoms. The molecule has 0 bridgehead atoms. The molecular weight excluding hydrogens is 348 g/mol. The molecule has 1 unspecified atom stereocenters. The van der Waals surface area contributed by atoms with Gasteiger partial charge in [0.15, 0.2) is 17.3 Å². The summed E-state index contributed by atoms with van der Waals surface area (Å²) >= 11 is 0. The molecule has 0 saturated carbocycles. The van der Waals surface area contributed by atoms with Gasteiger partial charge in [-0.1, -0.05) is 19.0 Å². The Morgan fingerprint density at radius 3 is 2.78 bits per heavy atom. The van der Waals surface area contributed by atoms with Gasteiger partial charge in [-0.25, -0.2) is 0 Å². The number of piperidine rings is 1. The molecule has 1 saturated heterocycles. The number of hydrogen-bond acceptors (Lipinski definition) is 6. The average molecular weight is 370 g/mol. The van der Waals surface area contributed by atoms with E-state index >= 15 is 0 Å². The zero-order valence-electron chi connectivity index (χ0n) is 15.4. The maximum Gasteiger partial charge on any atom is 0.292 e. The molecule has 4 rings (SSSR count). The van der Waals surface area contributed by atoms with Crippen LogP contribution in [0.3, 0.4) is 0 Å². The first kappa shape index (κ1) is 17.6. The van der Waals surface area contributed by atoms with Crippen molar-refractivity contribution in [3.63, 3.8) is 0 Å². The Morgan fingerprint density at radius 1 is 1.19 bits per heavy atom. The lowest BCUT2D eigenvalue weighted by Gasteiger charge is -2.31. The van der Waals surface area contributed by atoms with Crippen molar-refractivity contribution >= 4 is 11.7 Å². The molecule has 7 nitrogen and oxygen atoms in total. The lowest BCUT2D eigenvalue weighted by molar-refractivity contribution is 0.0602. The van der Waals surface area contributed by atoms with Crippen LogP contribution in [-0.4, -0.2) is 41.6 Å². The number of benzene rings is 1. The standard InChI is InChI=1S/C20H22N2O5/c1-12(2)15-9-18(27-21-15)20(24)22-7-3-4-14(10-22)19(23)13-5-6-16-17(8-13)26-11-25-16/h5-6,8-9,12,14H,3-4,7,10-11H2,1-2H3. The number of nitrogens with zero attached hydrogens (tertiary/aromatic N) is 2. The first-order valence-electron chi connectivity index (χ1n) is 9.22. The summed E-state index contributed by atoms with van der Waals surface area (Å²) in [5, 5.41) is 3.95. The molecule has 1 fully saturated rings. The van der Waals surface area contributed by atoms with Crippen LogP contribution in [0.15, 0.2) is 28.8 Å². The van der Waals surface area contributed by atoms with Gasteiger partial charge in [-0.2, -0.15) is 0 Å². The van der Waals surface area contributed by atoms with Crippen molar-refractivity contribution in [2.45, 2.75) is 32.6 Å². The number of fused-ring (bicyclic) bond motifs is 1. The lowest BCUT2D eigenvalue weighted by atomic mass is 9.89. The largest absolute Gasteiger partial charge is 0.454 e. The predicted octanol–water partition coefficient (Wildman–Crippen LogP) is 3.26. The third kappa shape index (κ3) is 3.41. The minimum atomic E-state index is -0.240. The number of Topliss-reactive ketones (excluding diaryl/α,β-unsaturated/α-hetero) is 1. The normalized spacial score (nSPS) is 18.8. The van der Waals surface area contributed by atoms with Crippen molar-refractivity contribution in [1.29, 1.82) is 0 Å². The van der Waals surface area contributed by atoms with Gasteiger partial charge >= 0.3 is 0 Å². The van der Waals surface area contributed by atoms with E-state index in [4.69, 9.17) is 14.0 Å². The fourth-order valence-corrected chi connectivity index (χ4v) is 3.48. The van der Waals surface area contributed by atoms with Crippen molar-refractivity contribution in [2.75, 3.05) is 19.9 Å². The monoisotopic (exact) mass is 370 g/mol. The topological polar surface area (TPSA) is 81.9 Å². The van der Waals surface area contributed by atoms with Gasteiger partial charge in [0, 0.05) is 30.6 Å². The molecule has 1 atom stereocenters. The Labute approximate surface area is 157 Å². The highest BCUT2D eigenvalue weighted by molar-refractivity contribution is 5.99. The summed E-state index contributed by atoms with van der Waals surface area (Å²) in [6, 6.07) is 6.91. The van der Waals surface area contributed by atoms with Crippen LogP contribution in [0.5, 0.6) is 11.5 Å². The fourth-order valence-electron chi connectivity index (χ4n) is 3.48. The highest BCUT2D eigenvalue weighted by atomic mass is 16.7. The van der Waals surface area contributed by atoms with E-state index in [1.54, 1.807) is 29.2 Å². The van der Waals surface area contributed by atoms with Crippen LogP contribution >= 0.6 is 0 Å². The number of rotatable bonds is 4. The van der Waals surface area contributed by atoms with Gasteiger partial charge in [-0.05, 0) is 37.0 Å². The third-order valence-electron chi connectivity index (χ3n) is 5.07. The molecule has 7 heteroatoms. The molecule has 0 spiro atoms. The maximum atomic E-state index is 12.9. The molecule has 142 valence electrons. The van der Waals surface area contributed by atoms with Gasteiger partial charge in [0.2, 0.25) is 12.6 Å². The van der Waals surface area contributed by atoms with Gasteiger partial charge < -0.3 is 18.9 Å². The molecular formula is C20H22N2O5. The zero-order chi connectivity index (χ0) is 19.0. The van der Waals surface area contributed by atoms with E-state index in [0.29, 0.717) is 30.2 Å². The van der Waals surface area contributed by atoms with Crippen LogP contribution in [0.25, 0.3) is 0 Å². The molecule has 1 amide bonds. The number of aromatic nitrogens is 1. The Bertz CT molecular complexity index is 873. The molecule has 2 aliphatic rings. The van der Waals surface area contributed by atoms with Crippen molar-refractivity contribution in [3.8, 4) is 11.5 Å². The highest BCUT2D eigenvalue weighted by Crippen LogP contribution is 2.34. The Hall–Kier alpha value is -2.83. The van der Waals surface area contributed by atoms with Gasteiger partial charge in [0.05, 0.1) is 5.69 Å². The predicted molar refractivity (Wildman–Crippen MR) is 96.1 cm³/mol. The Kier molecular flexibility index (Phi) is 4.59. The van der Waals surface area contributed by atoms with Crippen molar-refractivity contribution in [1.82, 2.24) is 10.1 Å². The van der Waals surface area contributed by atoms with Crippen LogP contribution < -0.4 is 9.47 Å². The summed E-state index contributed by atoms with van der Waals surface area (Å²) in [5.41, 5.74) is 1.34. The second-order valence-corrected chi connectivity index (χ2v) is 7.29. The summed E-state index contributed by atoms with van der Waals surface area (Å²) in [6.45, 7) is 5.15. The van der Waals surface area contributed by atoms with Gasteiger partial charge in [-0.15, -0.1) is 0 Å². The molecule has 2 aromatic rings. The van der Waals surface area contributed by atoms with Crippen molar-refractivity contribution in [2.24, 2.45) is 5.92 Å². The number of hydrogen-bond donors (Lipinski definition) is 0. The van der Waals surface area contributed by atoms with Crippen LogP contribution in [-0.2, 0) is 0 Å². The van der Waals surface area contributed by atoms with Gasteiger partial charge in [0.1, 0.15) is 0 Å². The fraction of sp³-hybridized carbons (Fsp3) is 0.450. The molecule has 2 aliphatic heterocycles. The summed E-state index contributed by atoms with van der Waals surface area (Å²) in [7, 11) is 0.